The maximum atomic E-state index is 13.4. The molecule has 2 atom stereocenters. The molecule has 1 heterocycles. The second-order valence-corrected chi connectivity index (χ2v) is 7.11. The van der Waals surface area contributed by atoms with Crippen molar-refractivity contribution in [3.05, 3.63) is 70.7 Å². The van der Waals surface area contributed by atoms with E-state index < -0.39 is 0 Å². The number of amides is 1. The normalized spacial score (nSPS) is 18.8. The molecule has 2 aromatic carbocycles. The van der Waals surface area contributed by atoms with Crippen LogP contribution in [0.1, 0.15) is 30.1 Å². The zero-order chi connectivity index (χ0) is 18.5. The number of carbonyl (C=O) groups is 1. The average molecular weight is 372 g/mol. The van der Waals surface area contributed by atoms with Gasteiger partial charge in [-0.1, -0.05) is 67.1 Å². The Bertz CT molecular complexity index is 737. The van der Waals surface area contributed by atoms with E-state index in [2.05, 4.69) is 17.1 Å². The van der Waals surface area contributed by atoms with Crippen LogP contribution >= 0.6 is 11.6 Å². The van der Waals surface area contributed by atoms with Gasteiger partial charge in [0.2, 0.25) is 5.91 Å². The fraction of sp³-hybridized carbons (Fsp3) is 0.381. The van der Waals surface area contributed by atoms with Crippen molar-refractivity contribution in [2.45, 2.75) is 19.0 Å². The van der Waals surface area contributed by atoms with E-state index in [1.165, 1.54) is 0 Å². The predicted molar refractivity (Wildman–Crippen MR) is 106 cm³/mol. The number of halogens is 1. The number of hydrogen-bond acceptors (Lipinski definition) is 3. The molecule has 1 aliphatic rings. The van der Waals surface area contributed by atoms with Crippen molar-refractivity contribution in [3.63, 3.8) is 0 Å². The fourth-order valence-corrected chi connectivity index (χ4v) is 3.76. The largest absolute Gasteiger partial charge is 0.338 e. The SMILES string of the molecule is CCN(C)C(C(=O)N1CCNC(c2ccccc2Cl)C1)c1ccccc1. The molecule has 0 saturated carbocycles. The molecule has 1 fully saturated rings. The number of nitrogens with one attached hydrogen (secondary N) is 1. The van der Waals surface area contributed by atoms with Gasteiger partial charge in [0, 0.05) is 24.7 Å². The van der Waals surface area contributed by atoms with Crippen LogP contribution in [0.15, 0.2) is 54.6 Å². The Balaban J connectivity index is 1.82. The zero-order valence-electron chi connectivity index (χ0n) is 15.4. The average Bonchev–Trinajstić information content (AvgIpc) is 2.69. The summed E-state index contributed by atoms with van der Waals surface area (Å²) < 4.78 is 0. The van der Waals surface area contributed by atoms with Gasteiger partial charge < -0.3 is 10.2 Å². The first-order chi connectivity index (χ1) is 12.6. The molecular weight excluding hydrogens is 346 g/mol. The van der Waals surface area contributed by atoms with E-state index in [0.717, 1.165) is 29.2 Å². The molecule has 0 spiro atoms. The highest BCUT2D eigenvalue weighted by atomic mass is 35.5. The highest BCUT2D eigenvalue weighted by Crippen LogP contribution is 2.28. The lowest BCUT2D eigenvalue weighted by Crippen LogP contribution is -2.51. The molecule has 1 amide bonds. The Hall–Kier alpha value is -1.88. The van der Waals surface area contributed by atoms with Gasteiger partial charge in [0.15, 0.2) is 0 Å². The number of likely N-dealkylation sites (N-methyl/N-ethyl adjacent to an activating group) is 1. The monoisotopic (exact) mass is 371 g/mol. The van der Waals surface area contributed by atoms with Crippen LogP contribution in [0, 0.1) is 0 Å². The van der Waals surface area contributed by atoms with E-state index >= 15 is 0 Å². The quantitative estimate of drug-likeness (QED) is 0.873. The zero-order valence-corrected chi connectivity index (χ0v) is 16.1. The Kier molecular flexibility index (Phi) is 6.30. The molecule has 26 heavy (non-hydrogen) atoms. The van der Waals surface area contributed by atoms with E-state index in [0.29, 0.717) is 13.1 Å². The number of carbonyl (C=O) groups excluding carboxylic acids is 1. The molecule has 1 N–H and O–H groups in total. The van der Waals surface area contributed by atoms with Gasteiger partial charge in [-0.05, 0) is 30.8 Å². The van der Waals surface area contributed by atoms with Crippen LogP contribution in [0.25, 0.3) is 0 Å². The van der Waals surface area contributed by atoms with Crippen LogP contribution in [0.4, 0.5) is 0 Å². The molecule has 5 heteroatoms. The smallest absolute Gasteiger partial charge is 0.244 e. The predicted octanol–water partition coefficient (Wildman–Crippen LogP) is 3.51. The number of hydrogen-bond donors (Lipinski definition) is 1. The molecule has 138 valence electrons. The topological polar surface area (TPSA) is 35.6 Å². The van der Waals surface area contributed by atoms with E-state index in [1.54, 1.807) is 0 Å². The van der Waals surface area contributed by atoms with Crippen LogP contribution in [0.5, 0.6) is 0 Å². The second kappa shape index (κ2) is 8.67. The van der Waals surface area contributed by atoms with Crippen molar-refractivity contribution in [3.8, 4) is 0 Å². The Morgan fingerprint density at radius 2 is 1.92 bits per heavy atom. The minimum absolute atomic E-state index is 0.0600. The van der Waals surface area contributed by atoms with Crippen molar-refractivity contribution < 1.29 is 4.79 Å². The second-order valence-electron chi connectivity index (χ2n) is 6.70. The molecule has 0 radical (unpaired) electrons. The summed E-state index contributed by atoms with van der Waals surface area (Å²) in [5, 5.41) is 4.23. The minimum Gasteiger partial charge on any atom is -0.338 e. The lowest BCUT2D eigenvalue weighted by Gasteiger charge is -2.38. The van der Waals surface area contributed by atoms with Gasteiger partial charge >= 0.3 is 0 Å². The number of nitrogens with zero attached hydrogens (tertiary/aromatic N) is 2. The van der Waals surface area contributed by atoms with Crippen LogP contribution in [-0.2, 0) is 4.79 Å². The molecule has 2 aromatic rings. The van der Waals surface area contributed by atoms with Crippen LogP contribution in [-0.4, -0.2) is 48.9 Å². The number of rotatable bonds is 5. The van der Waals surface area contributed by atoms with Gasteiger partial charge in [-0.25, -0.2) is 0 Å². The van der Waals surface area contributed by atoms with Gasteiger partial charge in [0.25, 0.3) is 0 Å². The van der Waals surface area contributed by atoms with Crippen LogP contribution in [0.3, 0.4) is 0 Å². The first kappa shape index (κ1) is 18.9. The minimum atomic E-state index is -0.258. The molecule has 0 bridgehead atoms. The Morgan fingerprint density at radius 1 is 1.23 bits per heavy atom. The maximum absolute atomic E-state index is 13.4. The van der Waals surface area contributed by atoms with Gasteiger partial charge in [0.05, 0.1) is 6.04 Å². The summed E-state index contributed by atoms with van der Waals surface area (Å²) in [5.74, 6) is 0.152. The Morgan fingerprint density at radius 3 is 2.62 bits per heavy atom. The van der Waals surface area contributed by atoms with Crippen molar-refractivity contribution in [2.75, 3.05) is 33.2 Å². The summed E-state index contributed by atoms with van der Waals surface area (Å²) in [6.45, 7) is 4.99. The van der Waals surface area contributed by atoms with E-state index in [-0.39, 0.29) is 18.0 Å². The first-order valence-electron chi connectivity index (χ1n) is 9.13. The maximum Gasteiger partial charge on any atom is 0.244 e. The van der Waals surface area contributed by atoms with Crippen molar-refractivity contribution in [1.82, 2.24) is 15.1 Å². The third-order valence-electron chi connectivity index (χ3n) is 5.06. The summed E-state index contributed by atoms with van der Waals surface area (Å²) in [4.78, 5) is 17.5. The van der Waals surface area contributed by atoms with Crippen molar-refractivity contribution in [2.24, 2.45) is 0 Å². The molecule has 4 nitrogen and oxygen atoms in total. The fourth-order valence-electron chi connectivity index (χ4n) is 3.49. The van der Waals surface area contributed by atoms with Crippen LogP contribution < -0.4 is 5.32 Å². The summed E-state index contributed by atoms with van der Waals surface area (Å²) in [7, 11) is 2.00. The van der Waals surface area contributed by atoms with Gasteiger partial charge in [-0.2, -0.15) is 0 Å². The highest BCUT2D eigenvalue weighted by molar-refractivity contribution is 6.31. The van der Waals surface area contributed by atoms with E-state index in [1.807, 2.05) is 66.5 Å². The third-order valence-corrected chi connectivity index (χ3v) is 5.40. The first-order valence-corrected chi connectivity index (χ1v) is 9.51. The standard InChI is InChI=1S/C21H26ClN3O/c1-3-24(2)20(16-9-5-4-6-10-16)21(26)25-14-13-23-19(15-25)17-11-7-8-12-18(17)22/h4-12,19-20,23H,3,13-15H2,1-2H3. The van der Waals surface area contributed by atoms with Gasteiger partial charge in [0.1, 0.15) is 6.04 Å². The van der Waals surface area contributed by atoms with Crippen LogP contribution in [0.2, 0.25) is 5.02 Å². The molecule has 3 rings (SSSR count). The lowest BCUT2D eigenvalue weighted by atomic mass is 10.0. The molecule has 0 aliphatic carbocycles. The lowest BCUT2D eigenvalue weighted by molar-refractivity contribution is -0.138. The van der Waals surface area contributed by atoms with E-state index in [4.69, 9.17) is 11.6 Å². The molecule has 1 aliphatic heterocycles. The van der Waals surface area contributed by atoms with Crippen molar-refractivity contribution >= 4 is 17.5 Å². The highest BCUT2D eigenvalue weighted by Gasteiger charge is 2.32. The summed E-state index contributed by atoms with van der Waals surface area (Å²) in [6, 6.07) is 17.7. The molecular formula is C21H26ClN3O. The number of piperazine rings is 1. The molecule has 2 unspecified atom stereocenters. The van der Waals surface area contributed by atoms with Gasteiger partial charge in [-0.15, -0.1) is 0 Å². The summed E-state index contributed by atoms with van der Waals surface area (Å²) in [5.41, 5.74) is 2.08. The van der Waals surface area contributed by atoms with Crippen molar-refractivity contribution in [1.29, 1.82) is 0 Å². The molecule has 0 aromatic heterocycles. The summed E-state index contributed by atoms with van der Waals surface area (Å²) in [6.07, 6.45) is 0. The summed E-state index contributed by atoms with van der Waals surface area (Å²) >= 11 is 6.36. The van der Waals surface area contributed by atoms with Gasteiger partial charge in [-0.3, -0.25) is 9.69 Å². The van der Waals surface area contributed by atoms with E-state index in [9.17, 15) is 4.79 Å². The third kappa shape index (κ3) is 4.09. The Labute approximate surface area is 160 Å². The number of benzene rings is 2. The molecule has 1 saturated heterocycles.